The van der Waals surface area contributed by atoms with Crippen molar-refractivity contribution < 1.29 is 18.8 Å². The van der Waals surface area contributed by atoms with Crippen LogP contribution in [0.15, 0.2) is 45.5 Å². The lowest BCUT2D eigenvalue weighted by molar-refractivity contribution is -0.122. The highest BCUT2D eigenvalue weighted by atomic mass is 32.2. The average Bonchev–Trinajstić information content (AvgIpc) is 3.40. The molecule has 3 amide bonds. The Morgan fingerprint density at radius 2 is 2.07 bits per heavy atom. The number of amides is 3. The van der Waals surface area contributed by atoms with E-state index in [9.17, 15) is 14.4 Å². The van der Waals surface area contributed by atoms with Gasteiger partial charge in [-0.15, -0.1) is 21.5 Å². The zero-order valence-electron chi connectivity index (χ0n) is 15.8. The van der Waals surface area contributed by atoms with Crippen LogP contribution in [0.3, 0.4) is 0 Å². The molecule has 0 saturated heterocycles. The third-order valence-corrected chi connectivity index (χ3v) is 5.69. The number of benzene rings is 1. The number of nitrogens with zero attached hydrogens (tertiary/aromatic N) is 5. The summed E-state index contributed by atoms with van der Waals surface area (Å²) < 4.78 is 5.58. The zero-order chi connectivity index (χ0) is 21.1. The number of thioether (sulfide) groups is 1. The van der Waals surface area contributed by atoms with E-state index < -0.39 is 0 Å². The summed E-state index contributed by atoms with van der Waals surface area (Å²) in [5.41, 5.74) is 1.25. The second kappa shape index (κ2) is 8.63. The maximum atomic E-state index is 12.6. The SMILES string of the molecule is CC(=O)N1CC(=O)N(Cc2nnc(SCC(=O)Nc3nccs3)o2)c2ccccc21. The molecule has 0 unspecified atom stereocenters. The number of aromatic nitrogens is 3. The average molecular weight is 444 g/mol. The predicted molar refractivity (Wildman–Crippen MR) is 111 cm³/mol. The van der Waals surface area contributed by atoms with Crippen molar-refractivity contribution in [1.29, 1.82) is 0 Å². The smallest absolute Gasteiger partial charge is 0.277 e. The molecule has 154 valence electrons. The summed E-state index contributed by atoms with van der Waals surface area (Å²) in [6.45, 7) is 1.44. The van der Waals surface area contributed by atoms with E-state index in [-0.39, 0.29) is 47.7 Å². The Hall–Kier alpha value is -3.25. The number of fused-ring (bicyclic) bond motifs is 1. The van der Waals surface area contributed by atoms with Gasteiger partial charge in [0, 0.05) is 18.5 Å². The van der Waals surface area contributed by atoms with Crippen LogP contribution in [0.25, 0.3) is 0 Å². The van der Waals surface area contributed by atoms with Gasteiger partial charge in [0.1, 0.15) is 13.1 Å². The number of hydrogen-bond acceptors (Lipinski definition) is 9. The van der Waals surface area contributed by atoms with Crippen LogP contribution in [0.1, 0.15) is 12.8 Å². The first-order valence-corrected chi connectivity index (χ1v) is 10.7. The summed E-state index contributed by atoms with van der Waals surface area (Å²) in [5.74, 6) is -0.376. The first-order chi connectivity index (χ1) is 14.5. The number of para-hydroxylation sites is 2. The first kappa shape index (κ1) is 20.0. The molecule has 10 nitrogen and oxygen atoms in total. The summed E-state index contributed by atoms with van der Waals surface area (Å²) >= 11 is 2.42. The van der Waals surface area contributed by atoms with Crippen molar-refractivity contribution in [3.05, 3.63) is 41.7 Å². The topological polar surface area (TPSA) is 122 Å². The zero-order valence-corrected chi connectivity index (χ0v) is 17.4. The van der Waals surface area contributed by atoms with Gasteiger partial charge in [0.25, 0.3) is 5.22 Å². The van der Waals surface area contributed by atoms with Gasteiger partial charge in [-0.1, -0.05) is 23.9 Å². The second-order valence-corrected chi connectivity index (χ2v) is 8.03. The fraction of sp³-hybridized carbons (Fsp3) is 0.222. The molecule has 3 heterocycles. The molecule has 0 atom stereocenters. The fourth-order valence-electron chi connectivity index (χ4n) is 2.88. The molecule has 3 aromatic rings. The van der Waals surface area contributed by atoms with Gasteiger partial charge in [0.2, 0.25) is 23.6 Å². The molecule has 30 heavy (non-hydrogen) atoms. The van der Waals surface area contributed by atoms with Gasteiger partial charge in [0.15, 0.2) is 5.13 Å². The minimum absolute atomic E-state index is 0.0565. The van der Waals surface area contributed by atoms with Crippen LogP contribution < -0.4 is 15.1 Å². The van der Waals surface area contributed by atoms with E-state index in [0.717, 1.165) is 11.8 Å². The van der Waals surface area contributed by atoms with Crippen LogP contribution in [-0.4, -0.2) is 45.2 Å². The molecule has 1 aliphatic rings. The molecule has 1 aliphatic heterocycles. The number of hydrogen-bond donors (Lipinski definition) is 1. The maximum absolute atomic E-state index is 12.6. The van der Waals surface area contributed by atoms with E-state index in [0.29, 0.717) is 16.5 Å². The fourth-order valence-corrected chi connectivity index (χ4v) is 4.00. The van der Waals surface area contributed by atoms with Crippen molar-refractivity contribution in [2.24, 2.45) is 0 Å². The molecule has 0 bridgehead atoms. The lowest BCUT2D eigenvalue weighted by atomic mass is 10.1. The van der Waals surface area contributed by atoms with Crippen LogP contribution in [-0.2, 0) is 20.9 Å². The first-order valence-electron chi connectivity index (χ1n) is 8.83. The van der Waals surface area contributed by atoms with Crippen LogP contribution in [0.5, 0.6) is 0 Å². The molecular formula is C18H16N6O4S2. The number of carbonyl (C=O) groups excluding carboxylic acids is 3. The summed E-state index contributed by atoms with van der Waals surface area (Å²) in [6.07, 6.45) is 1.60. The number of nitrogens with one attached hydrogen (secondary N) is 1. The van der Waals surface area contributed by atoms with Crippen molar-refractivity contribution in [3.8, 4) is 0 Å². The van der Waals surface area contributed by atoms with Crippen molar-refractivity contribution >= 4 is 57.3 Å². The van der Waals surface area contributed by atoms with Gasteiger partial charge in [-0.25, -0.2) is 4.98 Å². The quantitative estimate of drug-likeness (QED) is 0.574. The normalized spacial score (nSPS) is 13.3. The number of anilines is 3. The molecule has 2 aromatic heterocycles. The second-order valence-electron chi connectivity index (χ2n) is 6.21. The monoisotopic (exact) mass is 444 g/mol. The van der Waals surface area contributed by atoms with E-state index >= 15 is 0 Å². The number of carbonyl (C=O) groups is 3. The number of thiazole rings is 1. The predicted octanol–water partition coefficient (Wildman–Crippen LogP) is 2.16. The van der Waals surface area contributed by atoms with Crippen LogP contribution in [0.4, 0.5) is 16.5 Å². The van der Waals surface area contributed by atoms with Crippen molar-refractivity contribution in [3.63, 3.8) is 0 Å². The maximum Gasteiger partial charge on any atom is 0.277 e. The van der Waals surface area contributed by atoms with E-state index in [1.54, 1.807) is 35.8 Å². The highest BCUT2D eigenvalue weighted by Gasteiger charge is 2.32. The minimum atomic E-state index is -0.251. The van der Waals surface area contributed by atoms with Gasteiger partial charge >= 0.3 is 0 Å². The van der Waals surface area contributed by atoms with Crippen LogP contribution in [0.2, 0.25) is 0 Å². The van der Waals surface area contributed by atoms with Gasteiger partial charge in [-0.3, -0.25) is 19.3 Å². The van der Waals surface area contributed by atoms with Gasteiger partial charge in [-0.05, 0) is 12.1 Å². The summed E-state index contributed by atoms with van der Waals surface area (Å²) in [7, 11) is 0. The summed E-state index contributed by atoms with van der Waals surface area (Å²) in [4.78, 5) is 43.4. The third-order valence-electron chi connectivity index (χ3n) is 4.18. The standard InChI is InChI=1S/C18H16N6O4S2/c1-11(25)23-9-16(27)24(13-5-3-2-4-12(13)23)8-15-21-22-18(28-15)30-10-14(26)20-17-19-6-7-29-17/h2-7H,8-10H2,1H3,(H,19,20,26). The lowest BCUT2D eigenvalue weighted by Crippen LogP contribution is -2.47. The molecule has 0 saturated carbocycles. The van der Waals surface area contributed by atoms with Crippen molar-refractivity contribution in [1.82, 2.24) is 15.2 Å². The Morgan fingerprint density at radius 1 is 1.27 bits per heavy atom. The van der Waals surface area contributed by atoms with Gasteiger partial charge < -0.3 is 14.6 Å². The Kier molecular flexibility index (Phi) is 5.77. The molecule has 0 radical (unpaired) electrons. The summed E-state index contributed by atoms with van der Waals surface area (Å²) in [6, 6.07) is 7.14. The minimum Gasteiger partial charge on any atom is -0.414 e. The van der Waals surface area contributed by atoms with Crippen molar-refractivity contribution in [2.45, 2.75) is 18.7 Å². The van der Waals surface area contributed by atoms with E-state index in [1.807, 2.05) is 0 Å². The van der Waals surface area contributed by atoms with Gasteiger partial charge in [0.05, 0.1) is 17.1 Å². The highest BCUT2D eigenvalue weighted by Crippen LogP contribution is 2.34. The lowest BCUT2D eigenvalue weighted by Gasteiger charge is -2.34. The Labute approximate surface area is 179 Å². The summed E-state index contributed by atoms with van der Waals surface area (Å²) in [5, 5.41) is 13.1. The largest absolute Gasteiger partial charge is 0.414 e. The molecule has 1 aromatic carbocycles. The van der Waals surface area contributed by atoms with E-state index in [4.69, 9.17) is 4.42 Å². The van der Waals surface area contributed by atoms with Crippen LogP contribution >= 0.6 is 23.1 Å². The molecule has 0 aliphatic carbocycles. The van der Waals surface area contributed by atoms with Gasteiger partial charge in [-0.2, -0.15) is 0 Å². The highest BCUT2D eigenvalue weighted by molar-refractivity contribution is 7.99. The molecule has 0 spiro atoms. The Morgan fingerprint density at radius 3 is 2.80 bits per heavy atom. The molecular weight excluding hydrogens is 428 g/mol. The molecule has 1 N–H and O–H groups in total. The van der Waals surface area contributed by atoms with E-state index in [1.165, 1.54) is 28.1 Å². The Bertz CT molecular complexity index is 1080. The molecule has 12 heteroatoms. The molecule has 4 rings (SSSR count). The number of rotatable bonds is 6. The third kappa shape index (κ3) is 4.33. The van der Waals surface area contributed by atoms with E-state index in [2.05, 4.69) is 20.5 Å². The van der Waals surface area contributed by atoms with Crippen LogP contribution in [0, 0.1) is 0 Å². The van der Waals surface area contributed by atoms with Crippen molar-refractivity contribution in [2.75, 3.05) is 27.4 Å². The molecule has 0 fully saturated rings. The Balaban J connectivity index is 1.42.